The molecule has 15 heavy (non-hydrogen) atoms. The highest BCUT2D eigenvalue weighted by atomic mass is 15.1. The Morgan fingerprint density at radius 1 is 1.53 bits per heavy atom. The first kappa shape index (κ1) is 11.7. The lowest BCUT2D eigenvalue weighted by molar-refractivity contribution is 0.702. The van der Waals surface area contributed by atoms with E-state index in [2.05, 4.69) is 25.8 Å². The Morgan fingerprint density at radius 2 is 2.27 bits per heavy atom. The predicted molar refractivity (Wildman–Crippen MR) is 63.2 cm³/mol. The van der Waals surface area contributed by atoms with Crippen LogP contribution in [0.1, 0.15) is 33.6 Å². The second-order valence-electron chi connectivity index (χ2n) is 3.98. The lowest BCUT2D eigenvalue weighted by Gasteiger charge is -2.10. The summed E-state index contributed by atoms with van der Waals surface area (Å²) in [6, 6.07) is 0. The molecular weight excluding hydrogens is 186 g/mol. The molecule has 82 valence electrons. The van der Waals surface area contributed by atoms with Crippen molar-refractivity contribution in [1.82, 2.24) is 9.55 Å². The molecule has 0 saturated carbocycles. The monoisotopic (exact) mass is 205 g/mol. The summed E-state index contributed by atoms with van der Waals surface area (Å²) in [6.07, 6.45) is 9.29. The average molecular weight is 205 g/mol. The molecule has 0 saturated heterocycles. The highest BCUT2D eigenvalue weighted by molar-refractivity contribution is 5.92. The van der Waals surface area contributed by atoms with Gasteiger partial charge in [0.2, 0.25) is 0 Å². The molecule has 0 aromatic carbocycles. The van der Waals surface area contributed by atoms with Crippen molar-refractivity contribution in [2.24, 2.45) is 5.92 Å². The summed E-state index contributed by atoms with van der Waals surface area (Å²) in [5.74, 6) is 0.999. The maximum atomic E-state index is 7.90. The first-order chi connectivity index (χ1) is 7.15. The number of aromatic nitrogens is 2. The topological polar surface area (TPSA) is 41.7 Å². The molecule has 1 N–H and O–H groups in total. The number of rotatable bonds is 4. The second-order valence-corrected chi connectivity index (χ2v) is 3.98. The summed E-state index contributed by atoms with van der Waals surface area (Å²) in [6.45, 7) is 6.50. The maximum absolute atomic E-state index is 7.90. The minimum absolute atomic E-state index is 0.490. The van der Waals surface area contributed by atoms with Gasteiger partial charge in [-0.2, -0.15) is 0 Å². The van der Waals surface area contributed by atoms with Gasteiger partial charge in [-0.25, -0.2) is 4.98 Å². The first-order valence-electron chi connectivity index (χ1n) is 5.42. The van der Waals surface area contributed by atoms with Gasteiger partial charge in [0.05, 0.1) is 0 Å². The van der Waals surface area contributed by atoms with Gasteiger partial charge < -0.3 is 0 Å². The molecule has 0 spiro atoms. The number of hydrogen-bond donors (Lipinski definition) is 1. The fraction of sp³-hybridized carbons (Fsp3) is 0.500. The SMILES string of the molecule is CCC/C(=C/C(=N)n1ccnc1)C(C)C. The first-order valence-corrected chi connectivity index (χ1v) is 5.42. The third kappa shape index (κ3) is 3.35. The van der Waals surface area contributed by atoms with Crippen LogP contribution in [0.25, 0.3) is 0 Å². The van der Waals surface area contributed by atoms with Gasteiger partial charge in [-0.1, -0.05) is 32.8 Å². The van der Waals surface area contributed by atoms with Crippen molar-refractivity contribution < 1.29 is 0 Å². The molecule has 1 rings (SSSR count). The summed E-state index contributed by atoms with van der Waals surface area (Å²) in [7, 11) is 0. The summed E-state index contributed by atoms with van der Waals surface area (Å²) >= 11 is 0. The van der Waals surface area contributed by atoms with E-state index in [9.17, 15) is 0 Å². The van der Waals surface area contributed by atoms with E-state index in [0.717, 1.165) is 12.8 Å². The molecule has 0 unspecified atom stereocenters. The molecule has 1 heterocycles. The molecular formula is C12H19N3. The van der Waals surface area contributed by atoms with Gasteiger partial charge in [-0.05, 0) is 18.4 Å². The van der Waals surface area contributed by atoms with Crippen molar-refractivity contribution in [3.05, 3.63) is 30.4 Å². The van der Waals surface area contributed by atoms with Gasteiger partial charge in [0.25, 0.3) is 0 Å². The standard InChI is InChI=1S/C12H19N3/c1-4-5-11(10(2)3)8-12(13)15-7-6-14-9-15/h6-10,13H,4-5H2,1-3H3/b11-8-,13-12?. The van der Waals surface area contributed by atoms with Crippen LogP contribution in [0.4, 0.5) is 0 Å². The van der Waals surface area contributed by atoms with E-state index >= 15 is 0 Å². The normalized spacial score (nSPS) is 12.1. The Morgan fingerprint density at radius 3 is 2.73 bits per heavy atom. The Labute approximate surface area is 91.4 Å². The lowest BCUT2D eigenvalue weighted by Crippen LogP contribution is -2.07. The van der Waals surface area contributed by atoms with Gasteiger partial charge >= 0.3 is 0 Å². The van der Waals surface area contributed by atoms with Crippen molar-refractivity contribution in [2.45, 2.75) is 33.6 Å². The van der Waals surface area contributed by atoms with Crippen molar-refractivity contribution in [3.63, 3.8) is 0 Å². The van der Waals surface area contributed by atoms with Crippen LogP contribution < -0.4 is 0 Å². The quantitative estimate of drug-likeness (QED) is 0.595. The zero-order chi connectivity index (χ0) is 11.3. The highest BCUT2D eigenvalue weighted by Gasteiger charge is 2.04. The van der Waals surface area contributed by atoms with E-state index < -0.39 is 0 Å². The minimum Gasteiger partial charge on any atom is -0.291 e. The number of imidazole rings is 1. The number of nitrogens with zero attached hydrogens (tertiary/aromatic N) is 2. The highest BCUT2D eigenvalue weighted by Crippen LogP contribution is 2.15. The molecule has 0 amide bonds. The molecule has 0 bridgehead atoms. The van der Waals surface area contributed by atoms with Crippen LogP contribution in [-0.4, -0.2) is 15.4 Å². The number of allylic oxidation sites excluding steroid dienone is 2. The lowest BCUT2D eigenvalue weighted by atomic mass is 9.98. The Balaban J connectivity index is 2.79. The van der Waals surface area contributed by atoms with Gasteiger partial charge in [-0.15, -0.1) is 0 Å². The number of nitrogens with one attached hydrogen (secondary N) is 1. The maximum Gasteiger partial charge on any atom is 0.130 e. The van der Waals surface area contributed by atoms with Crippen molar-refractivity contribution in [1.29, 1.82) is 5.41 Å². The van der Waals surface area contributed by atoms with Crippen molar-refractivity contribution >= 4 is 5.84 Å². The van der Waals surface area contributed by atoms with Crippen molar-refractivity contribution in [2.75, 3.05) is 0 Å². The summed E-state index contributed by atoms with van der Waals surface area (Å²) in [4.78, 5) is 3.93. The molecule has 0 radical (unpaired) electrons. The Kier molecular flexibility index (Phi) is 4.28. The van der Waals surface area contributed by atoms with E-state index in [4.69, 9.17) is 5.41 Å². The van der Waals surface area contributed by atoms with E-state index in [-0.39, 0.29) is 0 Å². The molecule has 0 fully saturated rings. The average Bonchev–Trinajstić information content (AvgIpc) is 2.69. The predicted octanol–water partition coefficient (Wildman–Crippen LogP) is 3.09. The molecule has 0 aliphatic heterocycles. The molecule has 0 aliphatic carbocycles. The van der Waals surface area contributed by atoms with Gasteiger partial charge in [0.1, 0.15) is 12.2 Å². The van der Waals surface area contributed by atoms with E-state index in [0.29, 0.717) is 11.8 Å². The molecule has 1 aromatic rings. The van der Waals surface area contributed by atoms with E-state index in [1.807, 2.05) is 6.08 Å². The van der Waals surface area contributed by atoms with Crippen LogP contribution in [0, 0.1) is 11.3 Å². The van der Waals surface area contributed by atoms with Crippen LogP contribution in [0.5, 0.6) is 0 Å². The fourth-order valence-corrected chi connectivity index (χ4v) is 1.47. The third-order valence-electron chi connectivity index (χ3n) is 2.38. The molecule has 3 heteroatoms. The van der Waals surface area contributed by atoms with Crippen LogP contribution in [0.2, 0.25) is 0 Å². The largest absolute Gasteiger partial charge is 0.291 e. The van der Waals surface area contributed by atoms with Crippen LogP contribution >= 0.6 is 0 Å². The summed E-state index contributed by atoms with van der Waals surface area (Å²) < 4.78 is 1.72. The molecule has 3 nitrogen and oxygen atoms in total. The Bertz CT molecular complexity index is 334. The van der Waals surface area contributed by atoms with Crippen LogP contribution in [0.15, 0.2) is 30.4 Å². The van der Waals surface area contributed by atoms with Crippen LogP contribution in [-0.2, 0) is 0 Å². The van der Waals surface area contributed by atoms with E-state index in [1.54, 1.807) is 23.3 Å². The molecule has 1 aromatic heterocycles. The van der Waals surface area contributed by atoms with Gasteiger partial charge in [0.15, 0.2) is 0 Å². The zero-order valence-corrected chi connectivity index (χ0v) is 9.70. The number of hydrogen-bond acceptors (Lipinski definition) is 2. The van der Waals surface area contributed by atoms with E-state index in [1.165, 1.54) is 5.57 Å². The Hall–Kier alpha value is -1.38. The fourth-order valence-electron chi connectivity index (χ4n) is 1.47. The third-order valence-corrected chi connectivity index (χ3v) is 2.38. The van der Waals surface area contributed by atoms with Gasteiger partial charge in [0, 0.05) is 12.4 Å². The minimum atomic E-state index is 0.490. The molecule has 0 aliphatic rings. The smallest absolute Gasteiger partial charge is 0.130 e. The summed E-state index contributed by atoms with van der Waals surface area (Å²) in [5, 5.41) is 7.90. The second kappa shape index (κ2) is 5.49. The molecule has 0 atom stereocenters. The zero-order valence-electron chi connectivity index (χ0n) is 9.70. The van der Waals surface area contributed by atoms with Crippen molar-refractivity contribution in [3.8, 4) is 0 Å². The van der Waals surface area contributed by atoms with Crippen LogP contribution in [0.3, 0.4) is 0 Å². The summed E-state index contributed by atoms with van der Waals surface area (Å²) in [5.41, 5.74) is 1.33. The van der Waals surface area contributed by atoms with Gasteiger partial charge in [-0.3, -0.25) is 9.98 Å².